The predicted molar refractivity (Wildman–Crippen MR) is 102 cm³/mol. The lowest BCUT2D eigenvalue weighted by molar-refractivity contribution is -0.116. The van der Waals surface area contributed by atoms with Crippen LogP contribution in [0.1, 0.15) is 11.1 Å². The number of benzene rings is 2. The maximum atomic E-state index is 12.7. The molecule has 0 bridgehead atoms. The van der Waals surface area contributed by atoms with Gasteiger partial charge in [0.15, 0.2) is 0 Å². The van der Waals surface area contributed by atoms with Gasteiger partial charge in [0.25, 0.3) is 10.2 Å². The zero-order valence-corrected chi connectivity index (χ0v) is 15.9. The first-order valence-electron chi connectivity index (χ1n) is 8.21. The number of hydrogen-bond acceptors (Lipinski definition) is 3. The van der Waals surface area contributed by atoms with Crippen LogP contribution in [0.25, 0.3) is 0 Å². The van der Waals surface area contributed by atoms with Crippen molar-refractivity contribution in [2.45, 2.75) is 13.5 Å². The Kier molecular flexibility index (Phi) is 5.62. The minimum absolute atomic E-state index is 0.201. The molecule has 26 heavy (non-hydrogen) atoms. The van der Waals surface area contributed by atoms with E-state index in [9.17, 15) is 13.2 Å². The smallest absolute Gasteiger partial charge is 0.282 e. The number of carbonyl (C=O) groups is 1. The maximum Gasteiger partial charge on any atom is 0.282 e. The number of aryl methyl sites for hydroxylation is 1. The number of amides is 1. The number of nitrogens with zero attached hydrogens (tertiary/aromatic N) is 2. The number of carbonyl (C=O) groups excluding carboxylic acids is 1. The monoisotopic (exact) mass is 393 g/mol. The standard InChI is InChI=1S/C18H20ClN3O3S/c1-14-3-2-4-17(11-14)20-18(23)13-22-10-9-21(26(22,24)25)12-15-5-7-16(19)8-6-15/h2-8,11H,9-10,12-13H2,1H3,(H,20,23). The molecule has 0 spiro atoms. The average molecular weight is 394 g/mol. The Labute approximate surface area is 158 Å². The normalized spacial score (nSPS) is 17.3. The van der Waals surface area contributed by atoms with Crippen molar-refractivity contribution < 1.29 is 13.2 Å². The summed E-state index contributed by atoms with van der Waals surface area (Å²) in [6.07, 6.45) is 0. The van der Waals surface area contributed by atoms with Gasteiger partial charge in [0.1, 0.15) is 0 Å². The second-order valence-electron chi connectivity index (χ2n) is 6.22. The second kappa shape index (κ2) is 7.75. The van der Waals surface area contributed by atoms with Gasteiger partial charge in [0, 0.05) is 30.3 Å². The van der Waals surface area contributed by atoms with Gasteiger partial charge in [-0.25, -0.2) is 0 Å². The zero-order valence-electron chi connectivity index (χ0n) is 14.4. The van der Waals surface area contributed by atoms with Crippen LogP contribution >= 0.6 is 11.6 Å². The minimum atomic E-state index is -3.66. The summed E-state index contributed by atoms with van der Waals surface area (Å²) < 4.78 is 27.9. The number of nitrogens with one attached hydrogen (secondary N) is 1. The van der Waals surface area contributed by atoms with E-state index in [1.54, 1.807) is 30.3 Å². The summed E-state index contributed by atoms with van der Waals surface area (Å²) in [6.45, 7) is 2.62. The van der Waals surface area contributed by atoms with Crippen LogP contribution in [-0.2, 0) is 21.5 Å². The third-order valence-electron chi connectivity index (χ3n) is 4.15. The van der Waals surface area contributed by atoms with Crippen molar-refractivity contribution in [3.8, 4) is 0 Å². The fourth-order valence-corrected chi connectivity index (χ4v) is 4.49. The van der Waals surface area contributed by atoms with Gasteiger partial charge in [-0.2, -0.15) is 17.0 Å². The molecule has 0 unspecified atom stereocenters. The van der Waals surface area contributed by atoms with Gasteiger partial charge in [-0.1, -0.05) is 35.9 Å². The Hall–Kier alpha value is -1.93. The molecule has 0 aromatic heterocycles. The molecule has 3 rings (SSSR count). The van der Waals surface area contributed by atoms with Gasteiger partial charge in [0.2, 0.25) is 5.91 Å². The van der Waals surface area contributed by atoms with Crippen molar-refractivity contribution in [2.24, 2.45) is 0 Å². The topological polar surface area (TPSA) is 69.7 Å². The summed E-state index contributed by atoms with van der Waals surface area (Å²) in [7, 11) is -3.66. The summed E-state index contributed by atoms with van der Waals surface area (Å²) in [5, 5.41) is 3.34. The third-order valence-corrected chi connectivity index (χ3v) is 6.33. The molecule has 0 atom stereocenters. The van der Waals surface area contributed by atoms with Crippen LogP contribution in [0.4, 0.5) is 5.69 Å². The van der Waals surface area contributed by atoms with Crippen LogP contribution in [0.3, 0.4) is 0 Å². The largest absolute Gasteiger partial charge is 0.325 e. The first-order chi connectivity index (χ1) is 12.3. The molecule has 1 heterocycles. The lowest BCUT2D eigenvalue weighted by atomic mass is 10.2. The minimum Gasteiger partial charge on any atom is -0.325 e. The lowest BCUT2D eigenvalue weighted by Gasteiger charge is -2.18. The SMILES string of the molecule is Cc1cccc(NC(=O)CN2CCN(Cc3ccc(Cl)cc3)S2(=O)=O)c1. The molecule has 2 aromatic carbocycles. The molecule has 0 radical (unpaired) electrons. The van der Waals surface area contributed by atoms with E-state index in [1.165, 1.54) is 8.61 Å². The fraction of sp³-hybridized carbons (Fsp3) is 0.278. The molecule has 1 N–H and O–H groups in total. The first-order valence-corrected chi connectivity index (χ1v) is 9.98. The number of anilines is 1. The van der Waals surface area contributed by atoms with Gasteiger partial charge in [-0.05, 0) is 42.3 Å². The molecule has 138 valence electrons. The lowest BCUT2D eigenvalue weighted by Crippen LogP contribution is -2.37. The van der Waals surface area contributed by atoms with E-state index in [1.807, 2.05) is 25.1 Å². The number of hydrogen-bond donors (Lipinski definition) is 1. The van der Waals surface area contributed by atoms with E-state index < -0.39 is 10.2 Å². The zero-order chi connectivity index (χ0) is 18.7. The molecule has 1 amide bonds. The molecule has 1 saturated heterocycles. The molecule has 0 aliphatic carbocycles. The summed E-state index contributed by atoms with van der Waals surface area (Å²) in [6, 6.07) is 14.4. The van der Waals surface area contributed by atoms with Crippen LogP contribution < -0.4 is 5.32 Å². The molecule has 1 aliphatic rings. The van der Waals surface area contributed by atoms with Crippen LogP contribution in [0.15, 0.2) is 48.5 Å². The van der Waals surface area contributed by atoms with E-state index in [4.69, 9.17) is 11.6 Å². The van der Waals surface area contributed by atoms with E-state index in [2.05, 4.69) is 5.32 Å². The van der Waals surface area contributed by atoms with Crippen molar-refractivity contribution >= 4 is 33.4 Å². The maximum absolute atomic E-state index is 12.7. The Bertz CT molecular complexity index is 900. The van der Waals surface area contributed by atoms with Crippen molar-refractivity contribution in [1.82, 2.24) is 8.61 Å². The quantitative estimate of drug-likeness (QED) is 0.848. The van der Waals surface area contributed by atoms with E-state index >= 15 is 0 Å². The molecule has 1 fully saturated rings. The Morgan fingerprint density at radius 3 is 2.50 bits per heavy atom. The summed E-state index contributed by atoms with van der Waals surface area (Å²) >= 11 is 5.86. The first kappa shape index (κ1) is 18.8. The summed E-state index contributed by atoms with van der Waals surface area (Å²) in [4.78, 5) is 12.2. The van der Waals surface area contributed by atoms with Crippen LogP contribution in [0, 0.1) is 6.92 Å². The van der Waals surface area contributed by atoms with Crippen LogP contribution in [-0.4, -0.2) is 42.6 Å². The molecule has 6 nitrogen and oxygen atoms in total. The molecule has 8 heteroatoms. The van der Waals surface area contributed by atoms with Gasteiger partial charge in [0.05, 0.1) is 6.54 Å². The number of halogens is 1. The van der Waals surface area contributed by atoms with Crippen molar-refractivity contribution in [1.29, 1.82) is 0 Å². The van der Waals surface area contributed by atoms with E-state index in [-0.39, 0.29) is 25.5 Å². The summed E-state index contributed by atoms with van der Waals surface area (Å²) in [5.74, 6) is -0.354. The van der Waals surface area contributed by atoms with Crippen molar-refractivity contribution in [2.75, 3.05) is 25.0 Å². The molecular formula is C18H20ClN3O3S. The highest BCUT2D eigenvalue weighted by atomic mass is 35.5. The molecule has 1 aliphatic heterocycles. The predicted octanol–water partition coefficient (Wildman–Crippen LogP) is 2.65. The van der Waals surface area contributed by atoms with E-state index in [0.29, 0.717) is 17.3 Å². The van der Waals surface area contributed by atoms with Gasteiger partial charge in [-0.3, -0.25) is 4.79 Å². The highest BCUT2D eigenvalue weighted by Gasteiger charge is 2.37. The molecule has 0 saturated carbocycles. The Morgan fingerprint density at radius 1 is 1.12 bits per heavy atom. The van der Waals surface area contributed by atoms with Crippen molar-refractivity contribution in [3.05, 3.63) is 64.7 Å². The number of rotatable bonds is 5. The third kappa shape index (κ3) is 4.42. The fourth-order valence-electron chi connectivity index (χ4n) is 2.82. The van der Waals surface area contributed by atoms with Gasteiger partial charge in [-0.15, -0.1) is 0 Å². The van der Waals surface area contributed by atoms with Gasteiger partial charge < -0.3 is 5.32 Å². The second-order valence-corrected chi connectivity index (χ2v) is 8.58. The molecular weight excluding hydrogens is 374 g/mol. The highest BCUT2D eigenvalue weighted by molar-refractivity contribution is 7.87. The van der Waals surface area contributed by atoms with Crippen LogP contribution in [0.2, 0.25) is 5.02 Å². The Balaban J connectivity index is 1.62. The van der Waals surface area contributed by atoms with E-state index in [0.717, 1.165) is 11.1 Å². The van der Waals surface area contributed by atoms with Crippen molar-refractivity contribution in [3.63, 3.8) is 0 Å². The van der Waals surface area contributed by atoms with Gasteiger partial charge >= 0.3 is 0 Å². The average Bonchev–Trinajstić information content (AvgIpc) is 2.84. The van der Waals surface area contributed by atoms with Crippen LogP contribution in [0.5, 0.6) is 0 Å². The molecule has 2 aromatic rings. The highest BCUT2D eigenvalue weighted by Crippen LogP contribution is 2.20. The summed E-state index contributed by atoms with van der Waals surface area (Å²) in [5.41, 5.74) is 2.53. The Morgan fingerprint density at radius 2 is 1.81 bits per heavy atom.